The number of ketones is 1. The van der Waals surface area contributed by atoms with Crippen molar-refractivity contribution in [3.05, 3.63) is 26.3 Å². The van der Waals surface area contributed by atoms with E-state index in [4.69, 9.17) is 18.0 Å². The molecule has 0 saturated carbocycles. The first-order chi connectivity index (χ1) is 17.6. The summed E-state index contributed by atoms with van der Waals surface area (Å²) >= 11 is 2.34. The van der Waals surface area contributed by atoms with Crippen molar-refractivity contribution >= 4 is 56.0 Å². The molecule has 2 aromatic carbocycles. The van der Waals surface area contributed by atoms with Crippen molar-refractivity contribution in [2.24, 2.45) is 0 Å². The molecule has 216 valence electrons. The highest BCUT2D eigenvalue weighted by molar-refractivity contribution is 14.1. The first-order valence-corrected chi connectivity index (χ1v) is 19.5. The quantitative estimate of drug-likeness (QED) is 0.258. The molecule has 0 radical (unpaired) electrons. The van der Waals surface area contributed by atoms with Gasteiger partial charge in [0.15, 0.2) is 14.1 Å². The van der Waals surface area contributed by atoms with Gasteiger partial charge in [-0.2, -0.15) is 0 Å². The summed E-state index contributed by atoms with van der Waals surface area (Å²) in [6.07, 6.45) is -1.50. The molecule has 9 heteroatoms. The second-order valence-corrected chi connectivity index (χ2v) is 25.2. The normalized spacial score (nSPS) is 21.4. The fourth-order valence-corrected chi connectivity index (χ4v) is 12.4. The van der Waals surface area contributed by atoms with E-state index in [9.17, 15) is 9.90 Å². The van der Waals surface area contributed by atoms with Gasteiger partial charge >= 0.3 is 8.56 Å². The molecule has 0 amide bonds. The first-order valence-electron chi connectivity index (χ1n) is 13.7. The van der Waals surface area contributed by atoms with Crippen molar-refractivity contribution in [2.75, 3.05) is 7.11 Å². The van der Waals surface area contributed by atoms with Gasteiger partial charge in [-0.15, -0.1) is 0 Å². The molecule has 2 aliphatic rings. The van der Waals surface area contributed by atoms with Crippen LogP contribution in [-0.4, -0.2) is 41.0 Å². The Morgan fingerprint density at radius 2 is 1.56 bits per heavy atom. The van der Waals surface area contributed by atoms with Crippen molar-refractivity contribution in [1.82, 2.24) is 0 Å². The lowest BCUT2D eigenvalue weighted by Crippen LogP contribution is -2.63. The van der Waals surface area contributed by atoms with Gasteiger partial charge in [0, 0.05) is 27.4 Å². The van der Waals surface area contributed by atoms with E-state index >= 15 is 0 Å². The Balaban J connectivity index is 2.11. The lowest BCUT2D eigenvalue weighted by atomic mass is 9.82. The highest BCUT2D eigenvalue weighted by atomic mass is 127. The lowest BCUT2D eigenvalue weighted by Gasteiger charge is -2.51. The monoisotopic (exact) mass is 684 g/mol. The Kier molecular flexibility index (Phi) is 7.45. The summed E-state index contributed by atoms with van der Waals surface area (Å²) in [4.78, 5) is 14.5. The number of rotatable bonds is 3. The second-order valence-electron chi connectivity index (χ2n) is 14.7. The fourth-order valence-electron chi connectivity index (χ4n) is 5.92. The number of ether oxygens (including phenoxy) is 1. The van der Waals surface area contributed by atoms with Crippen LogP contribution in [0.15, 0.2) is 6.07 Å². The summed E-state index contributed by atoms with van der Waals surface area (Å²) < 4.78 is 27.9. The smallest absolute Gasteiger partial charge is 0.471 e. The third-order valence-electron chi connectivity index (χ3n) is 8.84. The van der Waals surface area contributed by atoms with Gasteiger partial charge in [-0.25, -0.2) is 0 Å². The maximum Gasteiger partial charge on any atom is 0.471 e. The maximum atomic E-state index is 14.5. The average molecular weight is 685 g/mol. The molecular formula is C30H45IO6Si2. The van der Waals surface area contributed by atoms with E-state index < -0.39 is 29.1 Å². The Morgan fingerprint density at radius 1 is 1.03 bits per heavy atom. The number of methoxy groups -OCH3 is 1. The lowest BCUT2D eigenvalue weighted by molar-refractivity contribution is 0.0506. The van der Waals surface area contributed by atoms with Crippen LogP contribution in [0.1, 0.15) is 96.3 Å². The number of carbonyl (C=O) groups excluding carboxylic acids is 1. The molecule has 1 N–H and O–H groups in total. The van der Waals surface area contributed by atoms with Crippen molar-refractivity contribution in [2.45, 2.75) is 116 Å². The number of aryl methyl sites for hydroxylation is 1. The number of carbonyl (C=O) groups is 1. The zero-order valence-electron chi connectivity index (χ0n) is 25.8. The minimum absolute atomic E-state index is 0.0838. The predicted molar refractivity (Wildman–Crippen MR) is 170 cm³/mol. The molecule has 2 aromatic rings. The van der Waals surface area contributed by atoms with Crippen molar-refractivity contribution in [3.8, 4) is 17.2 Å². The molecule has 0 fully saturated rings. The molecule has 2 atom stereocenters. The van der Waals surface area contributed by atoms with E-state index in [0.29, 0.717) is 22.6 Å². The van der Waals surface area contributed by atoms with Gasteiger partial charge in [0.25, 0.3) is 0 Å². The van der Waals surface area contributed by atoms with Gasteiger partial charge in [0.05, 0.1) is 27.7 Å². The van der Waals surface area contributed by atoms with Crippen LogP contribution in [0.3, 0.4) is 0 Å². The molecule has 1 unspecified atom stereocenters. The fraction of sp³-hybridized carbons (Fsp3) is 0.633. The second kappa shape index (κ2) is 9.44. The van der Waals surface area contributed by atoms with Crippen LogP contribution < -0.4 is 13.6 Å². The number of fused-ring (bicyclic) bond motifs is 2. The van der Waals surface area contributed by atoms with Gasteiger partial charge in [-0.3, -0.25) is 4.79 Å². The molecule has 0 saturated heterocycles. The van der Waals surface area contributed by atoms with E-state index in [2.05, 4.69) is 105 Å². The van der Waals surface area contributed by atoms with E-state index in [1.54, 1.807) is 7.11 Å². The van der Waals surface area contributed by atoms with E-state index in [1.165, 1.54) is 0 Å². The predicted octanol–water partition coefficient (Wildman–Crippen LogP) is 8.59. The van der Waals surface area contributed by atoms with Crippen LogP contribution >= 0.6 is 22.6 Å². The summed E-state index contributed by atoms with van der Waals surface area (Å²) in [5, 5.41) is 12.4. The van der Waals surface area contributed by atoms with Crippen molar-refractivity contribution in [1.29, 1.82) is 0 Å². The molecule has 1 aliphatic carbocycles. The minimum atomic E-state index is -3.12. The number of hydrogen-bond acceptors (Lipinski definition) is 6. The zero-order valence-corrected chi connectivity index (χ0v) is 30.0. The molecular weight excluding hydrogens is 639 g/mol. The number of aliphatic hydroxyl groups excluding tert-OH is 1. The molecule has 4 rings (SSSR count). The minimum Gasteiger partial charge on any atom is -0.510 e. The van der Waals surface area contributed by atoms with Gasteiger partial charge < -0.3 is 23.1 Å². The van der Waals surface area contributed by atoms with Gasteiger partial charge in [0.1, 0.15) is 23.4 Å². The summed E-state index contributed by atoms with van der Waals surface area (Å²) in [6, 6.07) is 2.05. The average Bonchev–Trinajstić information content (AvgIpc) is 2.77. The van der Waals surface area contributed by atoms with Crippen LogP contribution in [0.2, 0.25) is 28.2 Å². The molecule has 1 heterocycles. The number of halogens is 1. The Morgan fingerprint density at radius 3 is 2.05 bits per heavy atom. The van der Waals surface area contributed by atoms with Crippen molar-refractivity contribution in [3.63, 3.8) is 0 Å². The van der Waals surface area contributed by atoms with Gasteiger partial charge in [-0.05, 0) is 59.3 Å². The molecule has 0 aromatic heterocycles. The Hall–Kier alpha value is -1.15. The van der Waals surface area contributed by atoms with Crippen LogP contribution in [0.5, 0.6) is 17.2 Å². The topological polar surface area (TPSA) is 74.2 Å². The molecule has 1 aliphatic heterocycles. The summed E-state index contributed by atoms with van der Waals surface area (Å²) in [5.74, 6) is 1.62. The third kappa shape index (κ3) is 4.58. The van der Waals surface area contributed by atoms with Crippen LogP contribution in [0, 0.1) is 10.5 Å². The maximum absolute atomic E-state index is 14.5. The van der Waals surface area contributed by atoms with Crippen LogP contribution in [0.4, 0.5) is 0 Å². The largest absolute Gasteiger partial charge is 0.510 e. The number of hydrogen-bond donors (Lipinski definition) is 1. The molecule has 0 bridgehead atoms. The first kappa shape index (κ1) is 30.8. The number of aliphatic hydroxyl groups is 1. The molecule has 0 spiro atoms. The van der Waals surface area contributed by atoms with Crippen LogP contribution in [0.25, 0.3) is 10.8 Å². The van der Waals surface area contributed by atoms with Crippen LogP contribution in [-0.2, 0) is 4.43 Å². The Labute approximate surface area is 249 Å². The van der Waals surface area contributed by atoms with E-state index in [1.807, 2.05) is 6.07 Å². The third-order valence-corrected chi connectivity index (χ3v) is 19.6. The highest BCUT2D eigenvalue weighted by Gasteiger charge is 2.65. The zero-order chi connectivity index (χ0) is 29.7. The number of Topliss-reactive ketones (excluding diaryl/α,β-unsaturated/α-hetero) is 1. The summed E-state index contributed by atoms with van der Waals surface area (Å²) in [5.41, 5.74) is 1.93. The number of benzene rings is 2. The standard InChI is InChI=1S/C30H45IO6Si2/c1-16-14-17-20-26(36-39(29(5,6)7,30(8,9)10)37-27(20)23(16)31)22-21(25(17)34-11)18(32)15-19(24(22)33)35-38(12,13)28(2,3)4/h14,18-19,32H,15H2,1-13H3/t18-,19?/m0/s1. The van der Waals surface area contributed by atoms with Crippen molar-refractivity contribution < 1.29 is 27.9 Å². The van der Waals surface area contributed by atoms with Gasteiger partial charge in [0.2, 0.25) is 0 Å². The molecule has 6 nitrogen and oxygen atoms in total. The SMILES string of the molecule is COc1c2c(c3c4c(c(I)c(C)cc14)O[Si](C(C)(C)C)(C(C)(C)C)O3)C(=O)C(O[Si](C)(C)C(C)(C)C)C[C@@H]2O. The summed E-state index contributed by atoms with van der Waals surface area (Å²) in [6.45, 7) is 25.7. The summed E-state index contributed by atoms with van der Waals surface area (Å²) in [7, 11) is -3.84. The Bertz CT molecular complexity index is 1330. The molecule has 39 heavy (non-hydrogen) atoms. The highest BCUT2D eigenvalue weighted by Crippen LogP contribution is 2.61. The van der Waals surface area contributed by atoms with E-state index in [-0.39, 0.29) is 27.3 Å². The van der Waals surface area contributed by atoms with E-state index in [0.717, 1.165) is 25.7 Å². The van der Waals surface area contributed by atoms with Gasteiger partial charge in [-0.1, -0.05) is 62.3 Å².